The summed E-state index contributed by atoms with van der Waals surface area (Å²) in [7, 11) is -0.268. The minimum atomic E-state index is -3.43. The molecule has 9 nitrogen and oxygen atoms in total. The van der Waals surface area contributed by atoms with E-state index in [1.165, 1.54) is 8.61 Å². The number of hydrogen-bond acceptors (Lipinski definition) is 6. The van der Waals surface area contributed by atoms with Gasteiger partial charge >= 0.3 is 0 Å². The van der Waals surface area contributed by atoms with Gasteiger partial charge in [-0.1, -0.05) is 19.9 Å². The molecule has 1 saturated heterocycles. The quantitative estimate of drug-likeness (QED) is 0.678. The van der Waals surface area contributed by atoms with Crippen LogP contribution in [0.3, 0.4) is 0 Å². The van der Waals surface area contributed by atoms with Crippen LogP contribution in [-0.2, 0) is 15.0 Å². The number of hydrogen-bond donors (Lipinski definition) is 2. The summed E-state index contributed by atoms with van der Waals surface area (Å²) in [6.07, 6.45) is 6.95. The molecule has 0 bridgehead atoms. The average molecular weight is 485 g/mol. The fraction of sp³-hybridized carbons (Fsp3) is 0.542. The van der Waals surface area contributed by atoms with Crippen LogP contribution < -0.4 is 10.6 Å². The standard InChI is InChI=1S/C24H32N6O3S/c1-24(2)9-7-17(8-10-24)22-20(28-23(31)21-11-16(12-25)13-26-21)6-5-19(27-22)18-14-29(3)34(32,33)30(4)15-18/h5-7,13,18,21,26H,8-11,14-15H2,1-4H3,(H,28,31). The van der Waals surface area contributed by atoms with Crippen molar-refractivity contribution in [1.82, 2.24) is 18.9 Å². The molecule has 3 heterocycles. The molecule has 0 spiro atoms. The van der Waals surface area contributed by atoms with Gasteiger partial charge in [0.15, 0.2) is 0 Å². The van der Waals surface area contributed by atoms with Crippen LogP contribution in [0.25, 0.3) is 5.57 Å². The molecule has 1 fully saturated rings. The Morgan fingerprint density at radius 3 is 2.56 bits per heavy atom. The third-order valence-corrected chi connectivity index (χ3v) is 8.83. The number of nitrogens with zero attached hydrogens (tertiary/aromatic N) is 4. The minimum absolute atomic E-state index is 0.0819. The van der Waals surface area contributed by atoms with Crippen molar-refractivity contribution in [3.05, 3.63) is 41.4 Å². The SMILES string of the molecule is CN1CC(c2ccc(NC(=O)C3CC(C#N)=CN3)c(C3=CCC(C)(C)CC3)n2)CN(C)S1(=O)=O. The van der Waals surface area contributed by atoms with Crippen molar-refractivity contribution < 1.29 is 13.2 Å². The Bertz CT molecular complexity index is 1180. The second-order valence-corrected chi connectivity index (χ2v) is 12.3. The van der Waals surface area contributed by atoms with Crippen LogP contribution in [-0.4, -0.2) is 61.1 Å². The number of allylic oxidation sites excluding steroid dienone is 2. The predicted molar refractivity (Wildman–Crippen MR) is 131 cm³/mol. The third kappa shape index (κ3) is 4.87. The van der Waals surface area contributed by atoms with Crippen LogP contribution in [0.4, 0.5) is 5.69 Å². The van der Waals surface area contributed by atoms with Gasteiger partial charge in [-0.15, -0.1) is 0 Å². The molecule has 0 saturated carbocycles. The highest BCUT2D eigenvalue weighted by Crippen LogP contribution is 2.40. The molecule has 1 atom stereocenters. The monoisotopic (exact) mass is 484 g/mol. The van der Waals surface area contributed by atoms with E-state index in [1.54, 1.807) is 20.3 Å². The fourth-order valence-electron chi connectivity index (χ4n) is 4.64. The second-order valence-electron chi connectivity index (χ2n) is 10.2. The molecule has 0 aromatic carbocycles. The molecule has 1 aliphatic carbocycles. The number of rotatable bonds is 4. The molecule has 1 aromatic rings. The van der Waals surface area contributed by atoms with Crippen molar-refractivity contribution in [3.63, 3.8) is 0 Å². The molecule has 182 valence electrons. The normalized spacial score (nSPS) is 25.1. The van der Waals surface area contributed by atoms with E-state index in [9.17, 15) is 13.2 Å². The minimum Gasteiger partial charge on any atom is -0.379 e. The number of carbonyl (C=O) groups is 1. The Kier molecular flexibility index (Phi) is 6.55. The first-order valence-corrected chi connectivity index (χ1v) is 12.9. The van der Waals surface area contributed by atoms with Crippen LogP contribution in [0.1, 0.15) is 56.8 Å². The lowest BCUT2D eigenvalue weighted by Gasteiger charge is -2.35. The molecule has 34 heavy (non-hydrogen) atoms. The van der Waals surface area contributed by atoms with Crippen molar-refractivity contribution in [2.24, 2.45) is 5.41 Å². The number of amides is 1. The van der Waals surface area contributed by atoms with Gasteiger partial charge < -0.3 is 10.6 Å². The molecule has 3 aliphatic rings. The molecule has 1 aromatic heterocycles. The van der Waals surface area contributed by atoms with E-state index in [2.05, 4.69) is 36.6 Å². The van der Waals surface area contributed by atoms with Crippen molar-refractivity contribution in [2.45, 2.75) is 51.5 Å². The van der Waals surface area contributed by atoms with E-state index in [0.29, 0.717) is 30.8 Å². The van der Waals surface area contributed by atoms with Crippen LogP contribution >= 0.6 is 0 Å². The first kappa shape index (κ1) is 24.4. The Morgan fingerprint density at radius 2 is 1.97 bits per heavy atom. The summed E-state index contributed by atoms with van der Waals surface area (Å²) >= 11 is 0. The van der Waals surface area contributed by atoms with Gasteiger partial charge in [0.1, 0.15) is 6.04 Å². The summed E-state index contributed by atoms with van der Waals surface area (Å²) in [5, 5.41) is 15.1. The van der Waals surface area contributed by atoms with Gasteiger partial charge in [0.05, 0.1) is 17.5 Å². The summed E-state index contributed by atoms with van der Waals surface area (Å²) in [4.78, 5) is 17.9. The Balaban J connectivity index is 1.63. The van der Waals surface area contributed by atoms with Crippen LogP contribution in [0.15, 0.2) is 30.0 Å². The van der Waals surface area contributed by atoms with Crippen molar-refractivity contribution in [3.8, 4) is 6.07 Å². The highest BCUT2D eigenvalue weighted by molar-refractivity contribution is 7.86. The predicted octanol–water partition coefficient (Wildman–Crippen LogP) is 2.59. The molecule has 0 radical (unpaired) electrons. The summed E-state index contributed by atoms with van der Waals surface area (Å²) in [6, 6.07) is 5.33. The highest BCUT2D eigenvalue weighted by Gasteiger charge is 2.35. The number of carbonyl (C=O) groups excluding carboxylic acids is 1. The van der Waals surface area contributed by atoms with Gasteiger partial charge in [0.25, 0.3) is 10.2 Å². The Hall–Kier alpha value is -2.74. The molecule has 2 aliphatic heterocycles. The third-order valence-electron chi connectivity index (χ3n) is 6.95. The van der Waals surface area contributed by atoms with E-state index in [-0.39, 0.29) is 17.2 Å². The smallest absolute Gasteiger partial charge is 0.281 e. The van der Waals surface area contributed by atoms with Crippen LogP contribution in [0.5, 0.6) is 0 Å². The molecular formula is C24H32N6O3S. The molecule has 1 unspecified atom stereocenters. The zero-order valence-electron chi connectivity index (χ0n) is 20.1. The highest BCUT2D eigenvalue weighted by atomic mass is 32.2. The van der Waals surface area contributed by atoms with Gasteiger partial charge in [-0.25, -0.2) is 0 Å². The van der Waals surface area contributed by atoms with Gasteiger partial charge in [0.2, 0.25) is 5.91 Å². The number of nitrogens with one attached hydrogen (secondary N) is 2. The van der Waals surface area contributed by atoms with Gasteiger partial charge in [0, 0.05) is 57.0 Å². The number of pyridine rings is 1. The molecule has 2 N–H and O–H groups in total. The molecule has 10 heteroatoms. The van der Waals surface area contributed by atoms with Crippen LogP contribution in [0.2, 0.25) is 0 Å². The van der Waals surface area contributed by atoms with Crippen molar-refractivity contribution in [2.75, 3.05) is 32.5 Å². The summed E-state index contributed by atoms with van der Waals surface area (Å²) in [5.41, 5.74) is 4.05. The topological polar surface area (TPSA) is 118 Å². The maximum Gasteiger partial charge on any atom is 0.281 e. The molecule has 1 amide bonds. The summed E-state index contributed by atoms with van der Waals surface area (Å²) < 4.78 is 27.4. The fourth-order valence-corrected chi connectivity index (χ4v) is 5.85. The lowest BCUT2D eigenvalue weighted by Crippen LogP contribution is -2.49. The van der Waals surface area contributed by atoms with Crippen molar-refractivity contribution >= 4 is 27.4 Å². The van der Waals surface area contributed by atoms with E-state index >= 15 is 0 Å². The van der Waals surface area contributed by atoms with Gasteiger partial charge in [-0.2, -0.15) is 22.3 Å². The van der Waals surface area contributed by atoms with E-state index in [0.717, 1.165) is 36.2 Å². The second kappa shape index (κ2) is 9.13. The number of likely N-dealkylation sites (N-methyl/N-ethyl adjacent to an activating group) is 2. The number of aromatic nitrogens is 1. The largest absolute Gasteiger partial charge is 0.379 e. The molecule has 4 rings (SSSR count). The number of nitriles is 1. The Morgan fingerprint density at radius 1 is 1.26 bits per heavy atom. The zero-order valence-corrected chi connectivity index (χ0v) is 20.9. The maximum absolute atomic E-state index is 12.9. The van der Waals surface area contributed by atoms with Gasteiger partial charge in [-0.05, 0) is 42.4 Å². The lowest BCUT2D eigenvalue weighted by molar-refractivity contribution is -0.117. The maximum atomic E-state index is 12.9. The van der Waals surface area contributed by atoms with E-state index in [1.807, 2.05) is 12.1 Å². The molecular weight excluding hydrogens is 452 g/mol. The zero-order chi connectivity index (χ0) is 24.7. The number of anilines is 1. The summed E-state index contributed by atoms with van der Waals surface area (Å²) in [5.74, 6) is -0.293. The first-order chi connectivity index (χ1) is 16.0. The summed E-state index contributed by atoms with van der Waals surface area (Å²) in [6.45, 7) is 5.19. The van der Waals surface area contributed by atoms with E-state index in [4.69, 9.17) is 10.2 Å². The average Bonchev–Trinajstić information content (AvgIpc) is 3.27. The first-order valence-electron chi connectivity index (χ1n) is 11.5. The Labute approximate surface area is 201 Å². The van der Waals surface area contributed by atoms with Gasteiger partial charge in [-0.3, -0.25) is 9.78 Å². The lowest BCUT2D eigenvalue weighted by atomic mass is 9.77. The van der Waals surface area contributed by atoms with E-state index < -0.39 is 16.3 Å². The van der Waals surface area contributed by atoms with Crippen LogP contribution in [0, 0.1) is 16.7 Å². The van der Waals surface area contributed by atoms with Crippen molar-refractivity contribution in [1.29, 1.82) is 5.26 Å².